The predicted octanol–water partition coefficient (Wildman–Crippen LogP) is 3.51. The Labute approximate surface area is 142 Å². The van der Waals surface area contributed by atoms with Crippen LogP contribution in [0.15, 0.2) is 47.3 Å². The molecular weight excluding hydrogens is 300 g/mol. The van der Waals surface area contributed by atoms with Crippen molar-refractivity contribution in [1.29, 1.82) is 0 Å². The Kier molecular flexibility index (Phi) is 4.86. The van der Waals surface area contributed by atoms with Gasteiger partial charge in [0, 0.05) is 18.5 Å². The van der Waals surface area contributed by atoms with Crippen LogP contribution in [0.25, 0.3) is 21.8 Å². The van der Waals surface area contributed by atoms with E-state index in [1.54, 1.807) is 7.11 Å². The number of hydrogen-bond donors (Lipinski definition) is 0. The van der Waals surface area contributed by atoms with Crippen molar-refractivity contribution in [3.8, 4) is 5.75 Å². The van der Waals surface area contributed by atoms with Crippen molar-refractivity contribution in [3.05, 3.63) is 52.7 Å². The van der Waals surface area contributed by atoms with Crippen LogP contribution in [0, 0.1) is 0 Å². The maximum Gasteiger partial charge on any atom is 0.197 e. The maximum absolute atomic E-state index is 12.9. The van der Waals surface area contributed by atoms with Crippen molar-refractivity contribution < 1.29 is 4.74 Å². The summed E-state index contributed by atoms with van der Waals surface area (Å²) in [6, 6.07) is 13.5. The summed E-state index contributed by atoms with van der Waals surface area (Å²) in [5, 5.41) is 1.48. The number of pyridine rings is 1. The Balaban J connectivity index is 2.29. The zero-order valence-electron chi connectivity index (χ0n) is 14.6. The Morgan fingerprint density at radius 1 is 1.00 bits per heavy atom. The van der Waals surface area contributed by atoms with Gasteiger partial charge in [-0.2, -0.15) is 0 Å². The molecule has 0 aliphatic heterocycles. The highest BCUT2D eigenvalue weighted by atomic mass is 16.5. The summed E-state index contributed by atoms with van der Waals surface area (Å²) >= 11 is 0. The second-order valence-corrected chi connectivity index (χ2v) is 5.88. The lowest BCUT2D eigenvalue weighted by atomic mass is 10.1. The summed E-state index contributed by atoms with van der Waals surface area (Å²) in [6.45, 7) is 8.14. The van der Waals surface area contributed by atoms with E-state index in [-0.39, 0.29) is 5.43 Å². The third kappa shape index (κ3) is 2.78. The van der Waals surface area contributed by atoms with Crippen LogP contribution >= 0.6 is 0 Å². The number of methoxy groups -OCH3 is 1. The van der Waals surface area contributed by atoms with Crippen molar-refractivity contribution >= 4 is 21.8 Å². The molecule has 1 aromatic heterocycles. The number of aromatic nitrogens is 1. The molecule has 4 heteroatoms. The summed E-state index contributed by atoms with van der Waals surface area (Å²) < 4.78 is 7.78. The average molecular weight is 324 g/mol. The highest BCUT2D eigenvalue weighted by Crippen LogP contribution is 2.27. The van der Waals surface area contributed by atoms with Crippen molar-refractivity contribution in [2.75, 3.05) is 26.7 Å². The summed E-state index contributed by atoms with van der Waals surface area (Å²) in [4.78, 5) is 15.3. The number of benzene rings is 2. The average Bonchev–Trinajstić information content (AvgIpc) is 2.64. The van der Waals surface area contributed by atoms with Gasteiger partial charge in [-0.05, 0) is 37.4 Å². The number of ether oxygens (including phenoxy) is 1. The molecule has 0 saturated heterocycles. The van der Waals surface area contributed by atoms with Gasteiger partial charge in [0.05, 0.1) is 23.5 Å². The number of para-hydroxylation sites is 2. The fraction of sp³-hybridized carbons (Fsp3) is 0.350. The lowest BCUT2D eigenvalue weighted by Crippen LogP contribution is -2.27. The minimum absolute atomic E-state index is 0.0681. The first-order valence-corrected chi connectivity index (χ1v) is 8.51. The maximum atomic E-state index is 12.9. The van der Waals surface area contributed by atoms with E-state index >= 15 is 0 Å². The minimum Gasteiger partial charge on any atom is -0.495 e. The molecular formula is C20H24N2O2. The molecule has 0 amide bonds. The Hall–Kier alpha value is -2.33. The standard InChI is InChI=1S/C20H24N2O2/c1-4-21(5-2)13-14-22-17-11-7-6-9-15(17)20(23)16-10-8-12-18(24-3)19(16)22/h6-12H,4-5,13-14H2,1-3H3. The molecule has 0 bridgehead atoms. The lowest BCUT2D eigenvalue weighted by molar-refractivity contribution is 0.293. The van der Waals surface area contributed by atoms with Gasteiger partial charge in [0.15, 0.2) is 5.43 Å². The first-order chi connectivity index (χ1) is 11.7. The fourth-order valence-corrected chi connectivity index (χ4v) is 3.33. The molecule has 24 heavy (non-hydrogen) atoms. The quantitative estimate of drug-likeness (QED) is 0.651. The van der Waals surface area contributed by atoms with Gasteiger partial charge in [0.1, 0.15) is 5.75 Å². The van der Waals surface area contributed by atoms with E-state index in [1.807, 2.05) is 42.5 Å². The molecule has 3 rings (SSSR count). The molecule has 3 aromatic rings. The largest absolute Gasteiger partial charge is 0.495 e. The molecule has 0 N–H and O–H groups in total. The SMILES string of the molecule is CCN(CC)CCn1c2ccccc2c(=O)c2cccc(OC)c21. The molecule has 0 aliphatic rings. The van der Waals surface area contributed by atoms with Crippen molar-refractivity contribution in [3.63, 3.8) is 0 Å². The molecule has 0 aliphatic carbocycles. The van der Waals surface area contributed by atoms with E-state index in [0.29, 0.717) is 5.39 Å². The summed E-state index contributed by atoms with van der Waals surface area (Å²) in [7, 11) is 1.66. The first kappa shape index (κ1) is 16.5. The van der Waals surface area contributed by atoms with Gasteiger partial charge in [-0.1, -0.05) is 32.0 Å². The van der Waals surface area contributed by atoms with E-state index in [9.17, 15) is 4.79 Å². The van der Waals surface area contributed by atoms with Crippen LogP contribution in [0.4, 0.5) is 0 Å². The molecule has 0 fully saturated rings. The van der Waals surface area contributed by atoms with E-state index in [0.717, 1.165) is 48.3 Å². The zero-order chi connectivity index (χ0) is 17.1. The van der Waals surface area contributed by atoms with E-state index in [2.05, 4.69) is 23.3 Å². The number of nitrogens with zero attached hydrogens (tertiary/aromatic N) is 2. The van der Waals surface area contributed by atoms with Crippen molar-refractivity contribution in [2.45, 2.75) is 20.4 Å². The van der Waals surface area contributed by atoms with Crippen LogP contribution < -0.4 is 10.2 Å². The molecule has 126 valence electrons. The summed E-state index contributed by atoms with van der Waals surface area (Å²) in [5.41, 5.74) is 1.92. The second-order valence-electron chi connectivity index (χ2n) is 5.88. The summed E-state index contributed by atoms with van der Waals surface area (Å²) in [6.07, 6.45) is 0. The van der Waals surface area contributed by atoms with Crippen LogP contribution in [0.2, 0.25) is 0 Å². The van der Waals surface area contributed by atoms with Crippen LogP contribution in [0.5, 0.6) is 5.75 Å². The van der Waals surface area contributed by atoms with E-state index in [1.165, 1.54) is 0 Å². The van der Waals surface area contributed by atoms with Gasteiger partial charge < -0.3 is 14.2 Å². The van der Waals surface area contributed by atoms with Crippen LogP contribution in [0.1, 0.15) is 13.8 Å². The van der Waals surface area contributed by atoms with Gasteiger partial charge in [-0.25, -0.2) is 0 Å². The highest BCUT2D eigenvalue weighted by molar-refractivity contribution is 5.96. The fourth-order valence-electron chi connectivity index (χ4n) is 3.33. The Morgan fingerprint density at radius 3 is 2.42 bits per heavy atom. The van der Waals surface area contributed by atoms with Gasteiger partial charge >= 0.3 is 0 Å². The Bertz CT molecular complexity index is 911. The van der Waals surface area contributed by atoms with Crippen molar-refractivity contribution in [2.24, 2.45) is 0 Å². The molecule has 4 nitrogen and oxygen atoms in total. The highest BCUT2D eigenvalue weighted by Gasteiger charge is 2.14. The van der Waals surface area contributed by atoms with Crippen LogP contribution in [-0.2, 0) is 6.54 Å². The minimum atomic E-state index is 0.0681. The number of hydrogen-bond acceptors (Lipinski definition) is 3. The third-order valence-electron chi connectivity index (χ3n) is 4.71. The topological polar surface area (TPSA) is 34.5 Å². The third-order valence-corrected chi connectivity index (χ3v) is 4.71. The van der Waals surface area contributed by atoms with Crippen molar-refractivity contribution in [1.82, 2.24) is 9.47 Å². The molecule has 0 saturated carbocycles. The molecule has 1 heterocycles. The molecule has 2 aromatic carbocycles. The lowest BCUT2D eigenvalue weighted by Gasteiger charge is -2.22. The molecule has 0 radical (unpaired) electrons. The van der Waals surface area contributed by atoms with Gasteiger partial charge in [-0.15, -0.1) is 0 Å². The van der Waals surface area contributed by atoms with Gasteiger partial charge in [0.2, 0.25) is 0 Å². The van der Waals surface area contributed by atoms with Gasteiger partial charge in [-0.3, -0.25) is 4.79 Å². The summed E-state index contributed by atoms with van der Waals surface area (Å²) in [5.74, 6) is 0.745. The van der Waals surface area contributed by atoms with E-state index < -0.39 is 0 Å². The second kappa shape index (κ2) is 7.05. The molecule has 0 spiro atoms. The molecule has 0 unspecified atom stereocenters. The van der Waals surface area contributed by atoms with Crippen LogP contribution in [-0.4, -0.2) is 36.2 Å². The predicted molar refractivity (Wildman–Crippen MR) is 100 cm³/mol. The number of fused-ring (bicyclic) bond motifs is 2. The molecule has 0 atom stereocenters. The normalized spacial score (nSPS) is 11.5. The van der Waals surface area contributed by atoms with E-state index in [4.69, 9.17) is 4.74 Å². The Morgan fingerprint density at radius 2 is 1.71 bits per heavy atom. The zero-order valence-corrected chi connectivity index (χ0v) is 14.6. The monoisotopic (exact) mass is 324 g/mol. The number of likely N-dealkylation sites (N-methyl/N-ethyl adjacent to an activating group) is 1. The van der Waals surface area contributed by atoms with Gasteiger partial charge in [0.25, 0.3) is 0 Å². The smallest absolute Gasteiger partial charge is 0.197 e. The van der Waals surface area contributed by atoms with Crippen LogP contribution in [0.3, 0.4) is 0 Å². The number of rotatable bonds is 6. The first-order valence-electron chi connectivity index (χ1n) is 8.51.